The summed E-state index contributed by atoms with van der Waals surface area (Å²) in [4.78, 5) is 4.86. The van der Waals surface area contributed by atoms with Crippen molar-refractivity contribution >= 4 is 5.69 Å². The molecule has 3 aromatic rings. The van der Waals surface area contributed by atoms with Crippen LogP contribution in [-0.2, 0) is 19.8 Å². The van der Waals surface area contributed by atoms with Crippen LogP contribution >= 0.6 is 0 Å². The predicted octanol–water partition coefficient (Wildman–Crippen LogP) is 5.72. The summed E-state index contributed by atoms with van der Waals surface area (Å²) in [5.74, 6) is 1.01. The van der Waals surface area contributed by atoms with Crippen molar-refractivity contribution in [2.45, 2.75) is 59.3 Å². The molecule has 4 rings (SSSR count). The van der Waals surface area contributed by atoms with Crippen molar-refractivity contribution in [1.82, 2.24) is 4.98 Å². The highest BCUT2D eigenvalue weighted by atomic mass is 16.5. The summed E-state index contributed by atoms with van der Waals surface area (Å²) < 4.78 is 6.13. The minimum absolute atomic E-state index is 0.152. The summed E-state index contributed by atoms with van der Waals surface area (Å²) in [5.41, 5.74) is 6.46. The van der Waals surface area contributed by atoms with Gasteiger partial charge in [0.2, 0.25) is 0 Å². The van der Waals surface area contributed by atoms with Crippen LogP contribution < -0.4 is 10.1 Å². The van der Waals surface area contributed by atoms with E-state index in [1.807, 2.05) is 45.0 Å². The minimum Gasteiger partial charge on any atom is -0.487 e. The molecule has 1 heterocycles. The Morgan fingerprint density at radius 3 is 2.35 bits per heavy atom. The Hall–Kier alpha value is -3.87. The molecule has 0 spiro atoms. The second-order valence-electron chi connectivity index (χ2n) is 7.94. The highest BCUT2D eigenvalue weighted by Gasteiger charge is 2.31. The zero-order chi connectivity index (χ0) is 24.5. The summed E-state index contributed by atoms with van der Waals surface area (Å²) in [6.45, 7) is 6.54. The van der Waals surface area contributed by atoms with Gasteiger partial charge < -0.3 is 15.2 Å². The van der Waals surface area contributed by atoms with Gasteiger partial charge in [-0.2, -0.15) is 10.5 Å². The largest absolute Gasteiger partial charge is 0.487 e. The average Bonchev–Trinajstić information content (AvgIpc) is 3.73. The molecule has 34 heavy (non-hydrogen) atoms. The quantitative estimate of drug-likeness (QED) is 0.451. The molecule has 0 aliphatic heterocycles. The van der Waals surface area contributed by atoms with Gasteiger partial charge in [0, 0.05) is 35.0 Å². The van der Waals surface area contributed by atoms with Crippen molar-refractivity contribution in [3.05, 3.63) is 87.7 Å². The second kappa shape index (κ2) is 11.8. The molecule has 6 nitrogen and oxygen atoms in total. The number of nitrogens with zero attached hydrogens (tertiary/aromatic N) is 3. The zero-order valence-corrected chi connectivity index (χ0v) is 19.9. The first-order chi connectivity index (χ1) is 16.6. The van der Waals surface area contributed by atoms with Crippen molar-refractivity contribution < 1.29 is 9.84 Å². The van der Waals surface area contributed by atoms with E-state index in [1.54, 1.807) is 24.3 Å². The third-order valence-corrected chi connectivity index (χ3v) is 5.61. The first-order valence-corrected chi connectivity index (χ1v) is 11.6. The molecule has 2 N–H and O–H groups in total. The lowest BCUT2D eigenvalue weighted by atomic mass is 10.0. The fraction of sp³-hybridized carbons (Fsp3) is 0.321. The highest BCUT2D eigenvalue weighted by Crippen LogP contribution is 2.43. The monoisotopic (exact) mass is 454 g/mol. The molecule has 0 saturated heterocycles. The van der Waals surface area contributed by atoms with Crippen molar-refractivity contribution in [2.24, 2.45) is 0 Å². The fourth-order valence-electron chi connectivity index (χ4n) is 3.80. The number of benzene rings is 2. The molecule has 2 aromatic carbocycles. The first kappa shape index (κ1) is 24.8. The Labute approximate surface area is 201 Å². The number of hydrogen-bond acceptors (Lipinski definition) is 6. The van der Waals surface area contributed by atoms with Gasteiger partial charge in [0.1, 0.15) is 12.4 Å². The van der Waals surface area contributed by atoms with Crippen LogP contribution in [0.3, 0.4) is 0 Å². The molecule has 1 aliphatic carbocycles. The van der Waals surface area contributed by atoms with Gasteiger partial charge >= 0.3 is 0 Å². The van der Waals surface area contributed by atoms with E-state index in [-0.39, 0.29) is 13.2 Å². The normalized spacial score (nSPS) is 12.1. The number of hydrogen-bond donors (Lipinski definition) is 2. The molecule has 1 aliphatic rings. The van der Waals surface area contributed by atoms with Crippen LogP contribution in [-0.4, -0.2) is 10.1 Å². The number of rotatable bonds is 8. The van der Waals surface area contributed by atoms with Crippen LogP contribution in [0.15, 0.2) is 48.5 Å². The van der Waals surface area contributed by atoms with Crippen LogP contribution in [0.5, 0.6) is 5.75 Å². The van der Waals surface area contributed by atoms with E-state index in [1.165, 1.54) is 0 Å². The molecule has 0 atom stereocenters. The lowest BCUT2D eigenvalue weighted by Crippen LogP contribution is -2.13. The molecule has 1 aromatic heterocycles. The molecule has 0 bridgehead atoms. The number of aliphatic hydroxyl groups excluding tert-OH is 1. The number of pyridine rings is 1. The van der Waals surface area contributed by atoms with E-state index in [2.05, 4.69) is 17.5 Å². The third kappa shape index (κ3) is 5.92. The van der Waals surface area contributed by atoms with E-state index >= 15 is 0 Å². The summed E-state index contributed by atoms with van der Waals surface area (Å²) in [6.07, 6.45) is 2.20. The van der Waals surface area contributed by atoms with Gasteiger partial charge in [-0.25, -0.2) is 0 Å². The zero-order valence-electron chi connectivity index (χ0n) is 19.9. The topological polar surface area (TPSA) is 102 Å². The van der Waals surface area contributed by atoms with E-state index in [0.717, 1.165) is 46.6 Å². The van der Waals surface area contributed by atoms with Gasteiger partial charge in [-0.1, -0.05) is 26.0 Å². The molecule has 6 heteroatoms. The Bertz CT molecular complexity index is 1200. The number of nitriles is 2. The van der Waals surface area contributed by atoms with Crippen LogP contribution in [0.4, 0.5) is 5.69 Å². The smallest absolute Gasteiger partial charge is 0.146 e. The maximum absolute atomic E-state index is 10.3. The number of anilines is 1. The molecular weight excluding hydrogens is 424 g/mol. The minimum atomic E-state index is -0.152. The Morgan fingerprint density at radius 2 is 1.74 bits per heavy atom. The van der Waals surface area contributed by atoms with Crippen LogP contribution in [0, 0.1) is 29.6 Å². The van der Waals surface area contributed by atoms with E-state index < -0.39 is 0 Å². The molecule has 1 saturated carbocycles. The molecule has 0 radical (unpaired) electrons. The highest BCUT2D eigenvalue weighted by molar-refractivity contribution is 5.51. The van der Waals surface area contributed by atoms with Gasteiger partial charge in [-0.3, -0.25) is 4.98 Å². The molecule has 1 fully saturated rings. The fourth-order valence-corrected chi connectivity index (χ4v) is 3.80. The maximum Gasteiger partial charge on any atom is 0.146 e. The Kier molecular flexibility index (Phi) is 8.62. The van der Waals surface area contributed by atoms with Crippen LogP contribution in [0.1, 0.15) is 71.8 Å². The van der Waals surface area contributed by atoms with Gasteiger partial charge in [0.15, 0.2) is 0 Å². The molecular formula is C28H30N4O2. The average molecular weight is 455 g/mol. The van der Waals surface area contributed by atoms with Crippen molar-refractivity contribution in [1.29, 1.82) is 10.5 Å². The Morgan fingerprint density at radius 1 is 1.03 bits per heavy atom. The summed E-state index contributed by atoms with van der Waals surface area (Å²) in [7, 11) is 0. The first-order valence-electron chi connectivity index (χ1n) is 11.6. The van der Waals surface area contributed by atoms with Crippen LogP contribution in [0.25, 0.3) is 0 Å². The van der Waals surface area contributed by atoms with Gasteiger partial charge in [-0.05, 0) is 61.7 Å². The number of aromatic nitrogens is 1. The molecule has 174 valence electrons. The SMILES string of the molecule is CC.Cc1nc(C2CC2)c(CNc2ccc(C#N)cc2)c(CO)c1OCc1cccc(C#N)c1. The van der Waals surface area contributed by atoms with E-state index in [0.29, 0.717) is 29.3 Å². The van der Waals surface area contributed by atoms with Crippen molar-refractivity contribution in [3.8, 4) is 17.9 Å². The van der Waals surface area contributed by atoms with E-state index in [9.17, 15) is 5.11 Å². The summed E-state index contributed by atoms with van der Waals surface area (Å²) in [6, 6.07) is 18.8. The predicted molar refractivity (Wildman–Crippen MR) is 132 cm³/mol. The Balaban J connectivity index is 0.00000158. The van der Waals surface area contributed by atoms with Gasteiger partial charge in [0.05, 0.1) is 35.6 Å². The summed E-state index contributed by atoms with van der Waals surface area (Å²) >= 11 is 0. The third-order valence-electron chi connectivity index (χ3n) is 5.61. The van der Waals surface area contributed by atoms with Gasteiger partial charge in [-0.15, -0.1) is 0 Å². The summed E-state index contributed by atoms with van der Waals surface area (Å²) in [5, 5.41) is 31.8. The standard InChI is InChI=1S/C26H24N4O2.C2H6/c1-17-26(32-16-20-4-2-3-19(11-20)13-28)24(15-31)23(25(30-17)21-7-8-21)14-29-22-9-5-18(12-27)6-10-22;1-2/h2-6,9-11,21,29,31H,7-8,14-16H2,1H3;1-2H3. The lowest BCUT2D eigenvalue weighted by molar-refractivity contribution is 0.255. The lowest BCUT2D eigenvalue weighted by Gasteiger charge is -2.20. The number of ether oxygens (including phenoxy) is 1. The molecule has 0 amide bonds. The maximum atomic E-state index is 10.3. The second-order valence-corrected chi connectivity index (χ2v) is 7.94. The van der Waals surface area contributed by atoms with Crippen molar-refractivity contribution in [2.75, 3.05) is 5.32 Å². The van der Waals surface area contributed by atoms with Gasteiger partial charge in [0.25, 0.3) is 0 Å². The van der Waals surface area contributed by atoms with E-state index in [4.69, 9.17) is 20.2 Å². The number of aliphatic hydroxyl groups is 1. The molecule has 0 unspecified atom stereocenters. The number of aryl methyl sites for hydroxylation is 1. The number of nitrogens with one attached hydrogen (secondary N) is 1. The van der Waals surface area contributed by atoms with Crippen LogP contribution in [0.2, 0.25) is 0 Å². The van der Waals surface area contributed by atoms with Crippen molar-refractivity contribution in [3.63, 3.8) is 0 Å².